The number of pyridine rings is 1. The van der Waals surface area contributed by atoms with E-state index in [2.05, 4.69) is 9.97 Å². The molecule has 3 heterocycles. The van der Waals surface area contributed by atoms with Crippen molar-refractivity contribution in [3.05, 3.63) is 70.4 Å². The van der Waals surface area contributed by atoms with E-state index in [1.165, 1.54) is 22.2 Å². The molecule has 3 aromatic heterocycles. The number of nitrogens with zero attached hydrogens (tertiary/aromatic N) is 3. The number of aliphatic hydroxyl groups is 1. The Morgan fingerprint density at radius 2 is 1.93 bits per heavy atom. The Morgan fingerprint density at radius 1 is 1.17 bits per heavy atom. The fourth-order valence-electron chi connectivity index (χ4n) is 2.70. The van der Waals surface area contributed by atoms with Crippen molar-refractivity contribution in [1.29, 1.82) is 0 Å². The molecule has 0 bridgehead atoms. The molecule has 4 rings (SSSR count). The first kappa shape index (κ1) is 19.6. The van der Waals surface area contributed by atoms with E-state index in [1.807, 2.05) is 30.3 Å². The molecule has 0 radical (unpaired) electrons. The molecule has 0 aliphatic rings. The maximum absolute atomic E-state index is 13.0. The molecule has 6 nitrogen and oxygen atoms in total. The van der Waals surface area contributed by atoms with Crippen molar-refractivity contribution in [3.8, 4) is 22.0 Å². The van der Waals surface area contributed by atoms with Crippen LogP contribution in [0.15, 0.2) is 59.8 Å². The maximum atomic E-state index is 13.0. The molecule has 0 aliphatic carbocycles. The van der Waals surface area contributed by atoms with Crippen LogP contribution in [0.25, 0.3) is 26.3 Å². The number of rotatable bonds is 5. The molecular weight excluding hydrogens is 410 g/mol. The number of benzene rings is 1. The Morgan fingerprint density at radius 3 is 2.59 bits per heavy atom. The summed E-state index contributed by atoms with van der Waals surface area (Å²) in [5.41, 5.74) is 1.11. The van der Waals surface area contributed by atoms with E-state index in [1.54, 1.807) is 32.2 Å². The molecule has 29 heavy (non-hydrogen) atoms. The smallest absolute Gasteiger partial charge is 0.275 e. The molecule has 0 saturated heterocycles. The monoisotopic (exact) mass is 427 g/mol. The van der Waals surface area contributed by atoms with Gasteiger partial charge in [0.1, 0.15) is 17.6 Å². The first-order valence-corrected chi connectivity index (χ1v) is 10.1. The SMILES string of the molecule is CC(C)(O)COc1ccc(-n2cnc3cc(-c4ccc(Cl)cc4)sc3c2=O)cn1. The summed E-state index contributed by atoms with van der Waals surface area (Å²) in [6, 6.07) is 12.8. The van der Waals surface area contributed by atoms with Crippen molar-refractivity contribution in [3.63, 3.8) is 0 Å². The van der Waals surface area contributed by atoms with Crippen LogP contribution in [0.2, 0.25) is 5.02 Å². The van der Waals surface area contributed by atoms with Crippen LogP contribution < -0.4 is 10.3 Å². The minimum Gasteiger partial charge on any atom is -0.475 e. The highest BCUT2D eigenvalue weighted by Crippen LogP contribution is 2.31. The molecule has 0 atom stereocenters. The number of hydrogen-bond acceptors (Lipinski definition) is 6. The summed E-state index contributed by atoms with van der Waals surface area (Å²) in [4.78, 5) is 22.6. The highest BCUT2D eigenvalue weighted by Gasteiger charge is 2.15. The van der Waals surface area contributed by atoms with Crippen molar-refractivity contribution in [2.24, 2.45) is 0 Å². The minimum absolute atomic E-state index is 0.121. The molecule has 0 amide bonds. The second-order valence-electron chi connectivity index (χ2n) is 7.21. The van der Waals surface area contributed by atoms with Gasteiger partial charge < -0.3 is 9.84 Å². The third-order valence-corrected chi connectivity index (χ3v) is 5.55. The topological polar surface area (TPSA) is 77.2 Å². The van der Waals surface area contributed by atoms with Crippen molar-refractivity contribution in [2.75, 3.05) is 6.61 Å². The van der Waals surface area contributed by atoms with Crippen LogP contribution in [0.3, 0.4) is 0 Å². The van der Waals surface area contributed by atoms with Gasteiger partial charge in [-0.1, -0.05) is 23.7 Å². The highest BCUT2D eigenvalue weighted by molar-refractivity contribution is 7.22. The number of thiophene rings is 1. The molecular formula is C21H18ClN3O3S. The second-order valence-corrected chi connectivity index (χ2v) is 8.70. The fraction of sp³-hybridized carbons (Fsp3) is 0.190. The first-order valence-electron chi connectivity index (χ1n) is 8.89. The normalized spacial score (nSPS) is 11.7. The van der Waals surface area contributed by atoms with E-state index in [-0.39, 0.29) is 12.2 Å². The number of ether oxygens (including phenoxy) is 1. The zero-order valence-electron chi connectivity index (χ0n) is 15.8. The van der Waals surface area contributed by atoms with Gasteiger partial charge in [-0.3, -0.25) is 9.36 Å². The van der Waals surface area contributed by atoms with Gasteiger partial charge in [0.05, 0.1) is 23.0 Å². The molecule has 8 heteroatoms. The summed E-state index contributed by atoms with van der Waals surface area (Å²) in [6.07, 6.45) is 3.04. The van der Waals surface area contributed by atoms with Crippen molar-refractivity contribution in [2.45, 2.75) is 19.4 Å². The number of hydrogen-bond donors (Lipinski definition) is 1. The number of fused-ring (bicyclic) bond motifs is 1. The highest BCUT2D eigenvalue weighted by atomic mass is 35.5. The van der Waals surface area contributed by atoms with Gasteiger partial charge in [-0.2, -0.15) is 0 Å². The summed E-state index contributed by atoms with van der Waals surface area (Å²) >= 11 is 7.35. The Labute approximate surface area is 176 Å². The third kappa shape index (κ3) is 4.32. The van der Waals surface area contributed by atoms with Gasteiger partial charge in [-0.15, -0.1) is 11.3 Å². The van der Waals surface area contributed by atoms with Crippen LogP contribution in [-0.4, -0.2) is 31.8 Å². The van der Waals surface area contributed by atoms with Gasteiger partial charge in [0, 0.05) is 16.0 Å². The van der Waals surface area contributed by atoms with Crippen LogP contribution in [0.1, 0.15) is 13.8 Å². The third-order valence-electron chi connectivity index (χ3n) is 4.14. The van der Waals surface area contributed by atoms with Gasteiger partial charge in [0.2, 0.25) is 5.88 Å². The zero-order valence-corrected chi connectivity index (χ0v) is 17.4. The maximum Gasteiger partial charge on any atom is 0.275 e. The van der Waals surface area contributed by atoms with Crippen LogP contribution in [0.5, 0.6) is 5.88 Å². The van der Waals surface area contributed by atoms with E-state index in [0.717, 1.165) is 10.4 Å². The second kappa shape index (κ2) is 7.59. The average molecular weight is 428 g/mol. The summed E-state index contributed by atoms with van der Waals surface area (Å²) in [7, 11) is 0. The molecule has 4 aromatic rings. The fourth-order valence-corrected chi connectivity index (χ4v) is 3.88. The largest absolute Gasteiger partial charge is 0.475 e. The van der Waals surface area contributed by atoms with E-state index in [9.17, 15) is 9.90 Å². The van der Waals surface area contributed by atoms with Crippen LogP contribution in [-0.2, 0) is 0 Å². The lowest BCUT2D eigenvalue weighted by molar-refractivity contribution is 0.0268. The van der Waals surface area contributed by atoms with Gasteiger partial charge in [0.15, 0.2) is 0 Å². The van der Waals surface area contributed by atoms with Crippen molar-refractivity contribution >= 4 is 33.2 Å². The molecule has 1 aromatic carbocycles. The average Bonchev–Trinajstić information content (AvgIpc) is 3.12. The first-order chi connectivity index (χ1) is 13.8. The Kier molecular flexibility index (Phi) is 5.12. The number of halogens is 1. The number of aromatic nitrogens is 3. The molecule has 0 fully saturated rings. The predicted octanol–water partition coefficient (Wildman–Crippen LogP) is 4.31. The van der Waals surface area contributed by atoms with Gasteiger partial charge in [0.25, 0.3) is 5.56 Å². The molecule has 0 aliphatic heterocycles. The Bertz CT molecular complexity index is 1210. The summed E-state index contributed by atoms with van der Waals surface area (Å²) < 4.78 is 7.48. The molecule has 0 saturated carbocycles. The molecule has 1 N–H and O–H groups in total. The van der Waals surface area contributed by atoms with Gasteiger partial charge in [-0.05, 0) is 43.7 Å². The van der Waals surface area contributed by atoms with E-state index in [0.29, 0.717) is 26.8 Å². The summed E-state index contributed by atoms with van der Waals surface area (Å²) in [5, 5.41) is 10.4. The standard InChI is InChI=1S/C21H18ClN3O3S/c1-21(2,27)11-28-18-8-7-15(10-23-18)25-12-24-16-9-17(29-19(16)20(25)26)13-3-5-14(22)6-4-13/h3-10,12,27H,11H2,1-2H3. The molecule has 0 unspecified atom stereocenters. The van der Waals surface area contributed by atoms with Gasteiger partial charge >= 0.3 is 0 Å². The van der Waals surface area contributed by atoms with Crippen LogP contribution in [0.4, 0.5) is 0 Å². The van der Waals surface area contributed by atoms with Crippen molar-refractivity contribution in [1.82, 2.24) is 14.5 Å². The summed E-state index contributed by atoms with van der Waals surface area (Å²) in [6.45, 7) is 3.43. The summed E-state index contributed by atoms with van der Waals surface area (Å²) in [5.74, 6) is 0.374. The van der Waals surface area contributed by atoms with Gasteiger partial charge in [-0.25, -0.2) is 9.97 Å². The lowest BCUT2D eigenvalue weighted by atomic mass is 10.2. The molecule has 0 spiro atoms. The molecule has 148 valence electrons. The Hall–Kier alpha value is -2.74. The van der Waals surface area contributed by atoms with Crippen molar-refractivity contribution < 1.29 is 9.84 Å². The Balaban J connectivity index is 1.65. The zero-order chi connectivity index (χ0) is 20.6. The lowest BCUT2D eigenvalue weighted by Gasteiger charge is -2.17. The quantitative estimate of drug-likeness (QED) is 0.513. The van der Waals surface area contributed by atoms with E-state index in [4.69, 9.17) is 16.3 Å². The van der Waals surface area contributed by atoms with E-state index < -0.39 is 5.60 Å². The lowest BCUT2D eigenvalue weighted by Crippen LogP contribution is -2.28. The van der Waals surface area contributed by atoms with Crippen LogP contribution in [0, 0.1) is 0 Å². The van der Waals surface area contributed by atoms with Crippen LogP contribution >= 0.6 is 22.9 Å². The minimum atomic E-state index is -0.951. The predicted molar refractivity (Wildman–Crippen MR) is 115 cm³/mol. The van der Waals surface area contributed by atoms with E-state index >= 15 is 0 Å².